The molecule has 11 aromatic carbocycles. The molecule has 1 aliphatic heterocycles. The summed E-state index contributed by atoms with van der Waals surface area (Å²) >= 11 is 0. The van der Waals surface area contributed by atoms with E-state index in [1.807, 2.05) is 0 Å². The molecule has 0 spiro atoms. The van der Waals surface area contributed by atoms with Gasteiger partial charge in [0.25, 0.3) is 0 Å². The van der Waals surface area contributed by atoms with E-state index in [2.05, 4.69) is 217 Å². The van der Waals surface area contributed by atoms with Crippen molar-refractivity contribution in [2.45, 2.75) is 12.8 Å². The van der Waals surface area contributed by atoms with Crippen LogP contribution in [0, 0.1) is 0 Å². The van der Waals surface area contributed by atoms with E-state index in [-0.39, 0.29) is 0 Å². The zero-order valence-electron chi connectivity index (χ0n) is 35.9. The van der Waals surface area contributed by atoms with Gasteiger partial charge in [0.1, 0.15) is 11.2 Å². The van der Waals surface area contributed by atoms with E-state index in [0.29, 0.717) is 5.84 Å². The third-order valence-corrected chi connectivity index (χ3v) is 13.8. The van der Waals surface area contributed by atoms with Crippen molar-refractivity contribution >= 4 is 115 Å². The highest BCUT2D eigenvalue weighted by atomic mass is 16.3. The lowest BCUT2D eigenvalue weighted by Crippen LogP contribution is -2.12. The molecule has 0 aliphatic carbocycles. The molecule has 3 heterocycles. The molecular weight excluding hydrogens is 803 g/mol. The monoisotopic (exact) mass is 841 g/mol. The standard InChI is InChI=1S/C62H39N3O/c1-2-17-42-35-45(28-27-38(42)13-1)52-25-12-26-53(49-24-11-20-39-14-5-8-21-46(39)49)64-62(63-52)60-55(33-31-50-59-48-23-10-7-16-41(48)30-34-57(59)66-61(50)60)65-54-32-29-40-15-6-9-22-47(40)58(54)51-36-43-18-3-4-19-44(43)37-56(51)65/h1-11,13-25,27-37H,12,26H2. The van der Waals surface area contributed by atoms with Gasteiger partial charge in [-0.05, 0) is 109 Å². The molecule has 0 unspecified atom stereocenters. The first-order valence-electron chi connectivity index (χ1n) is 22.8. The maximum atomic E-state index is 7.25. The molecule has 0 N–H and O–H groups in total. The van der Waals surface area contributed by atoms with Crippen molar-refractivity contribution < 1.29 is 4.42 Å². The lowest BCUT2D eigenvalue weighted by atomic mass is 9.96. The van der Waals surface area contributed by atoms with Gasteiger partial charge in [-0.3, -0.25) is 0 Å². The normalized spacial score (nSPS) is 13.6. The fraction of sp³-hybridized carbons (Fsp3) is 0.0323. The molecule has 13 aromatic rings. The molecule has 0 saturated carbocycles. The highest BCUT2D eigenvalue weighted by Crippen LogP contribution is 2.44. The van der Waals surface area contributed by atoms with Crippen molar-refractivity contribution in [2.24, 2.45) is 9.98 Å². The van der Waals surface area contributed by atoms with E-state index in [1.165, 1.54) is 59.2 Å². The van der Waals surface area contributed by atoms with E-state index < -0.39 is 0 Å². The maximum absolute atomic E-state index is 7.25. The van der Waals surface area contributed by atoms with Crippen LogP contribution in [0.4, 0.5) is 0 Å². The van der Waals surface area contributed by atoms with Gasteiger partial charge >= 0.3 is 0 Å². The van der Waals surface area contributed by atoms with Crippen molar-refractivity contribution in [1.82, 2.24) is 4.57 Å². The number of allylic oxidation sites excluding steroid dienone is 1. The third kappa shape index (κ3) is 5.65. The second-order valence-electron chi connectivity index (χ2n) is 17.5. The molecule has 0 radical (unpaired) electrons. The average Bonchev–Trinajstić information content (AvgIpc) is 3.91. The number of benzene rings is 11. The molecule has 14 rings (SSSR count). The number of furan rings is 1. The third-order valence-electron chi connectivity index (χ3n) is 13.8. The minimum Gasteiger partial charge on any atom is -0.455 e. The van der Waals surface area contributed by atoms with Gasteiger partial charge in [0.05, 0.1) is 33.7 Å². The van der Waals surface area contributed by atoms with Crippen LogP contribution in [-0.2, 0) is 0 Å². The lowest BCUT2D eigenvalue weighted by molar-refractivity contribution is 0.668. The zero-order chi connectivity index (χ0) is 43.3. The van der Waals surface area contributed by atoms with Gasteiger partial charge in [0, 0.05) is 32.7 Å². The van der Waals surface area contributed by atoms with Crippen LogP contribution in [0.15, 0.2) is 227 Å². The minimum atomic E-state index is 0.609. The first kappa shape index (κ1) is 36.8. The molecular formula is C62H39N3O. The van der Waals surface area contributed by atoms with Crippen LogP contribution in [0.25, 0.3) is 109 Å². The van der Waals surface area contributed by atoms with Crippen LogP contribution >= 0.6 is 0 Å². The fourth-order valence-corrected chi connectivity index (χ4v) is 10.8. The Morgan fingerprint density at radius 1 is 0.424 bits per heavy atom. The Hall–Kier alpha value is -8.60. The largest absolute Gasteiger partial charge is 0.455 e. The van der Waals surface area contributed by atoms with E-state index >= 15 is 0 Å². The number of rotatable bonds is 4. The van der Waals surface area contributed by atoms with Crippen LogP contribution in [0.3, 0.4) is 0 Å². The molecule has 2 aromatic heterocycles. The predicted molar refractivity (Wildman–Crippen MR) is 279 cm³/mol. The predicted octanol–water partition coefficient (Wildman–Crippen LogP) is 16.5. The van der Waals surface area contributed by atoms with E-state index in [4.69, 9.17) is 14.4 Å². The SMILES string of the molecule is C1=C(c2ccc3ccccc3c2)N=C(c2c(-n3c4cc5ccccc5cc4c4c5ccccc5ccc43)ccc3c2oc2ccc4ccccc4c23)N=C(c2cccc3ccccc23)CC1. The second-order valence-corrected chi connectivity index (χ2v) is 17.5. The Balaban J connectivity index is 1.15. The highest BCUT2D eigenvalue weighted by molar-refractivity contribution is 6.28. The highest BCUT2D eigenvalue weighted by Gasteiger charge is 2.27. The number of fused-ring (bicyclic) bond motifs is 13. The van der Waals surface area contributed by atoms with Gasteiger partial charge in [0.2, 0.25) is 0 Å². The fourth-order valence-electron chi connectivity index (χ4n) is 10.8. The van der Waals surface area contributed by atoms with Crippen molar-refractivity contribution in [2.75, 3.05) is 0 Å². The number of hydrogen-bond acceptors (Lipinski definition) is 3. The van der Waals surface area contributed by atoms with Crippen molar-refractivity contribution in [3.05, 3.63) is 229 Å². The summed E-state index contributed by atoms with van der Waals surface area (Å²) in [7, 11) is 0. The van der Waals surface area contributed by atoms with Gasteiger partial charge in [0.15, 0.2) is 5.84 Å². The summed E-state index contributed by atoms with van der Waals surface area (Å²) in [4.78, 5) is 11.6. The Kier molecular flexibility index (Phi) is 8.07. The van der Waals surface area contributed by atoms with Crippen LogP contribution in [-0.4, -0.2) is 16.1 Å². The summed E-state index contributed by atoms with van der Waals surface area (Å²) in [5, 5.41) is 16.4. The van der Waals surface area contributed by atoms with Gasteiger partial charge in [-0.2, -0.15) is 0 Å². The number of hydrogen-bond donors (Lipinski definition) is 0. The van der Waals surface area contributed by atoms with Crippen molar-refractivity contribution in [3.63, 3.8) is 0 Å². The zero-order valence-corrected chi connectivity index (χ0v) is 35.9. The molecule has 4 nitrogen and oxygen atoms in total. The molecule has 0 fully saturated rings. The molecule has 66 heavy (non-hydrogen) atoms. The quantitative estimate of drug-likeness (QED) is 0.174. The molecule has 4 heteroatoms. The van der Waals surface area contributed by atoms with Crippen molar-refractivity contribution in [1.29, 1.82) is 0 Å². The topological polar surface area (TPSA) is 42.8 Å². The molecule has 308 valence electrons. The number of amidine groups is 1. The summed E-state index contributed by atoms with van der Waals surface area (Å²) in [6.07, 6.45) is 3.81. The summed E-state index contributed by atoms with van der Waals surface area (Å²) in [5.41, 5.74) is 9.65. The Morgan fingerprint density at radius 2 is 1.05 bits per heavy atom. The molecule has 1 aliphatic rings. The molecule has 0 saturated heterocycles. The van der Waals surface area contributed by atoms with E-state index in [9.17, 15) is 0 Å². The number of nitrogens with zero attached hydrogens (tertiary/aromatic N) is 3. The Bertz CT molecular complexity index is 4290. The lowest BCUT2D eigenvalue weighted by Gasteiger charge is -2.18. The summed E-state index contributed by atoms with van der Waals surface area (Å²) in [5.74, 6) is 0.609. The minimum absolute atomic E-state index is 0.609. The molecule has 0 amide bonds. The maximum Gasteiger partial charge on any atom is 0.165 e. The molecule has 0 bridgehead atoms. The average molecular weight is 842 g/mol. The second kappa shape index (κ2) is 14.5. The van der Waals surface area contributed by atoms with Crippen LogP contribution in [0.5, 0.6) is 0 Å². The number of aliphatic imine (C=N–C) groups is 2. The number of aromatic nitrogens is 1. The van der Waals surface area contributed by atoms with Crippen LogP contribution < -0.4 is 0 Å². The van der Waals surface area contributed by atoms with Crippen LogP contribution in [0.2, 0.25) is 0 Å². The van der Waals surface area contributed by atoms with Gasteiger partial charge in [-0.25, -0.2) is 9.98 Å². The molecule has 0 atom stereocenters. The van der Waals surface area contributed by atoms with Gasteiger partial charge in [-0.15, -0.1) is 0 Å². The van der Waals surface area contributed by atoms with E-state index in [1.54, 1.807) is 0 Å². The Labute approximate surface area is 379 Å². The smallest absolute Gasteiger partial charge is 0.165 e. The summed E-state index contributed by atoms with van der Waals surface area (Å²) in [6, 6.07) is 74.4. The van der Waals surface area contributed by atoms with Gasteiger partial charge in [-0.1, -0.05) is 170 Å². The first-order valence-corrected chi connectivity index (χ1v) is 22.8. The van der Waals surface area contributed by atoms with Crippen LogP contribution in [0.1, 0.15) is 29.5 Å². The summed E-state index contributed by atoms with van der Waals surface area (Å²) in [6.45, 7) is 0. The van der Waals surface area contributed by atoms with E-state index in [0.717, 1.165) is 85.0 Å². The van der Waals surface area contributed by atoms with Gasteiger partial charge < -0.3 is 8.98 Å². The summed E-state index contributed by atoms with van der Waals surface area (Å²) < 4.78 is 9.69. The Morgan fingerprint density at radius 3 is 1.83 bits per heavy atom. The van der Waals surface area contributed by atoms with Crippen molar-refractivity contribution in [3.8, 4) is 5.69 Å². The first-order chi connectivity index (χ1) is 32.7.